The highest BCUT2D eigenvalue weighted by Gasteiger charge is 2.15. The highest BCUT2D eigenvalue weighted by Crippen LogP contribution is 2.12. The summed E-state index contributed by atoms with van der Waals surface area (Å²) in [6.45, 7) is 10.6. The lowest BCUT2D eigenvalue weighted by molar-refractivity contribution is -0.150. The van der Waals surface area contributed by atoms with Crippen molar-refractivity contribution < 1.29 is 9.47 Å². The number of hydrogen-bond acceptors (Lipinski definition) is 2. The molecule has 0 aliphatic rings. The van der Waals surface area contributed by atoms with E-state index in [1.54, 1.807) is 0 Å². The van der Waals surface area contributed by atoms with E-state index >= 15 is 0 Å². The molecule has 0 amide bonds. The minimum atomic E-state index is -0.171. The molecule has 0 rings (SSSR count). The van der Waals surface area contributed by atoms with Crippen LogP contribution in [0.5, 0.6) is 0 Å². The Bertz CT molecular complexity index is 137. The molecule has 0 bridgehead atoms. The Balaban J connectivity index is 3.95. The van der Waals surface area contributed by atoms with E-state index in [9.17, 15) is 0 Å². The van der Waals surface area contributed by atoms with Gasteiger partial charge in [0.15, 0.2) is 6.29 Å². The van der Waals surface area contributed by atoms with Gasteiger partial charge in [-0.05, 0) is 12.8 Å². The van der Waals surface area contributed by atoms with Crippen molar-refractivity contribution in [3.8, 4) is 0 Å². The molecule has 0 saturated carbocycles. The molecule has 78 valence electrons. The quantitative estimate of drug-likeness (QED) is 0.393. The maximum absolute atomic E-state index is 5.66. The summed E-state index contributed by atoms with van der Waals surface area (Å²) >= 11 is 3.34. The first kappa shape index (κ1) is 13.1. The van der Waals surface area contributed by atoms with E-state index in [0.717, 1.165) is 0 Å². The summed E-state index contributed by atoms with van der Waals surface area (Å²) in [6, 6.07) is 0. The van der Waals surface area contributed by atoms with Gasteiger partial charge in [0.1, 0.15) is 0 Å². The smallest absolute Gasteiger partial charge is 0.167 e. The van der Waals surface area contributed by atoms with Gasteiger partial charge in [-0.2, -0.15) is 0 Å². The Hall–Kier alpha value is 0.140. The molecule has 0 aliphatic carbocycles. The van der Waals surface area contributed by atoms with Crippen LogP contribution in [-0.2, 0) is 9.47 Å². The van der Waals surface area contributed by atoms with Gasteiger partial charge < -0.3 is 9.47 Å². The fourth-order valence-electron chi connectivity index (χ4n) is 0.966. The second-order valence-corrected chi connectivity index (χ2v) is 3.77. The number of hydrogen-bond donors (Lipinski definition) is 0. The Kier molecular flexibility index (Phi) is 7.62. The molecule has 2 nitrogen and oxygen atoms in total. The Morgan fingerprint density at radius 2 is 2.08 bits per heavy atom. The second kappa shape index (κ2) is 7.54. The van der Waals surface area contributed by atoms with Gasteiger partial charge in [-0.3, -0.25) is 0 Å². The van der Waals surface area contributed by atoms with Crippen LogP contribution in [0.3, 0.4) is 0 Å². The molecule has 0 N–H and O–H groups in total. The monoisotopic (exact) mass is 250 g/mol. The summed E-state index contributed by atoms with van der Waals surface area (Å²) in [6.07, 6.45) is 1.71. The first-order valence-corrected chi connectivity index (χ1v) is 5.73. The summed E-state index contributed by atoms with van der Waals surface area (Å²) < 4.78 is 11.0. The molecule has 0 aromatic rings. The van der Waals surface area contributed by atoms with Crippen molar-refractivity contribution >= 4 is 15.9 Å². The largest absolute Gasteiger partial charge is 0.352 e. The van der Waals surface area contributed by atoms with Gasteiger partial charge in [0.05, 0.1) is 11.4 Å². The first-order chi connectivity index (χ1) is 6.15. The Morgan fingerprint density at radius 1 is 1.46 bits per heavy atom. The minimum Gasteiger partial charge on any atom is -0.352 e. The van der Waals surface area contributed by atoms with Gasteiger partial charge >= 0.3 is 0 Å². The normalized spacial score (nSPS) is 15.8. The lowest BCUT2D eigenvalue weighted by atomic mass is 10.1. The molecule has 0 aliphatic heterocycles. The molecule has 0 aromatic carbocycles. The SMILES string of the molecule is C=CC(OC(CBr)OCC)C(C)C. The fourth-order valence-corrected chi connectivity index (χ4v) is 1.31. The second-order valence-electron chi connectivity index (χ2n) is 3.12. The van der Waals surface area contributed by atoms with Crippen molar-refractivity contribution in [3.63, 3.8) is 0 Å². The maximum Gasteiger partial charge on any atom is 0.167 e. The van der Waals surface area contributed by atoms with Gasteiger partial charge in [-0.1, -0.05) is 35.9 Å². The van der Waals surface area contributed by atoms with Crippen LogP contribution in [0.2, 0.25) is 0 Å². The highest BCUT2D eigenvalue weighted by molar-refractivity contribution is 9.09. The molecule has 0 radical (unpaired) electrons. The van der Waals surface area contributed by atoms with Crippen molar-refractivity contribution in [2.45, 2.75) is 33.2 Å². The topological polar surface area (TPSA) is 18.5 Å². The fraction of sp³-hybridized carbons (Fsp3) is 0.800. The number of rotatable bonds is 7. The molecular weight excluding hydrogens is 232 g/mol. The van der Waals surface area contributed by atoms with Gasteiger partial charge in [0, 0.05) is 6.61 Å². The first-order valence-electron chi connectivity index (χ1n) is 4.61. The van der Waals surface area contributed by atoms with Gasteiger partial charge in [0.2, 0.25) is 0 Å². The van der Waals surface area contributed by atoms with Gasteiger partial charge in [-0.25, -0.2) is 0 Å². The highest BCUT2D eigenvalue weighted by atomic mass is 79.9. The summed E-state index contributed by atoms with van der Waals surface area (Å²) in [5.41, 5.74) is 0. The molecular formula is C10H19BrO2. The van der Waals surface area contributed by atoms with Crippen molar-refractivity contribution in [2.75, 3.05) is 11.9 Å². The van der Waals surface area contributed by atoms with Crippen LogP contribution in [0.4, 0.5) is 0 Å². The molecule has 0 aromatic heterocycles. The third-order valence-corrected chi connectivity index (χ3v) is 2.21. The number of ether oxygens (including phenoxy) is 2. The van der Waals surface area contributed by atoms with Crippen LogP contribution in [0.25, 0.3) is 0 Å². The maximum atomic E-state index is 5.66. The van der Waals surface area contributed by atoms with Crippen LogP contribution in [0.1, 0.15) is 20.8 Å². The molecule has 2 unspecified atom stereocenters. The number of halogens is 1. The van der Waals surface area contributed by atoms with Crippen molar-refractivity contribution in [1.82, 2.24) is 0 Å². The van der Waals surface area contributed by atoms with Crippen LogP contribution in [-0.4, -0.2) is 24.3 Å². The van der Waals surface area contributed by atoms with Crippen molar-refractivity contribution in [2.24, 2.45) is 5.92 Å². The lowest BCUT2D eigenvalue weighted by Crippen LogP contribution is -2.28. The van der Waals surface area contributed by atoms with Crippen LogP contribution in [0.15, 0.2) is 12.7 Å². The predicted octanol–water partition coefficient (Wildman–Crippen LogP) is 2.97. The molecule has 2 atom stereocenters. The van der Waals surface area contributed by atoms with E-state index in [1.807, 2.05) is 13.0 Å². The summed E-state index contributed by atoms with van der Waals surface area (Å²) in [5.74, 6) is 0.430. The third-order valence-electron chi connectivity index (χ3n) is 1.68. The molecule has 0 heterocycles. The average molecular weight is 251 g/mol. The standard InChI is InChI=1S/C10H19BrO2/c1-5-9(8(3)4)13-10(7-11)12-6-2/h5,8-10H,1,6-7H2,2-4H3. The van der Waals surface area contributed by atoms with E-state index < -0.39 is 0 Å². The third kappa shape index (κ3) is 5.45. The van der Waals surface area contributed by atoms with E-state index in [2.05, 4.69) is 36.4 Å². The van der Waals surface area contributed by atoms with E-state index in [-0.39, 0.29) is 12.4 Å². The molecule has 13 heavy (non-hydrogen) atoms. The average Bonchev–Trinajstić information content (AvgIpc) is 2.11. The van der Waals surface area contributed by atoms with Gasteiger partial charge in [0.25, 0.3) is 0 Å². The zero-order chi connectivity index (χ0) is 10.3. The molecule has 0 saturated heterocycles. The van der Waals surface area contributed by atoms with Crippen molar-refractivity contribution in [3.05, 3.63) is 12.7 Å². The summed E-state index contributed by atoms with van der Waals surface area (Å²) in [5, 5.41) is 0.692. The summed E-state index contributed by atoms with van der Waals surface area (Å²) in [4.78, 5) is 0. The molecule has 0 spiro atoms. The zero-order valence-electron chi connectivity index (χ0n) is 8.63. The van der Waals surface area contributed by atoms with Crippen molar-refractivity contribution in [1.29, 1.82) is 0 Å². The number of alkyl halides is 1. The lowest BCUT2D eigenvalue weighted by Gasteiger charge is -2.23. The summed E-state index contributed by atoms with van der Waals surface area (Å²) in [7, 11) is 0. The Labute approximate surface area is 89.4 Å². The van der Waals surface area contributed by atoms with Gasteiger partial charge in [-0.15, -0.1) is 6.58 Å². The molecule has 3 heteroatoms. The zero-order valence-corrected chi connectivity index (χ0v) is 10.2. The predicted molar refractivity (Wildman–Crippen MR) is 59.1 cm³/mol. The van der Waals surface area contributed by atoms with E-state index in [0.29, 0.717) is 17.9 Å². The Morgan fingerprint density at radius 3 is 2.38 bits per heavy atom. The minimum absolute atomic E-state index is 0.0640. The van der Waals surface area contributed by atoms with Crippen LogP contribution >= 0.6 is 15.9 Å². The van der Waals surface area contributed by atoms with Crippen LogP contribution < -0.4 is 0 Å². The molecule has 0 fully saturated rings. The van der Waals surface area contributed by atoms with Crippen LogP contribution in [0, 0.1) is 5.92 Å². The van der Waals surface area contributed by atoms with E-state index in [1.165, 1.54) is 0 Å². The van der Waals surface area contributed by atoms with E-state index in [4.69, 9.17) is 9.47 Å².